The summed E-state index contributed by atoms with van der Waals surface area (Å²) < 4.78 is 6.28. The van der Waals surface area contributed by atoms with Crippen molar-refractivity contribution in [2.75, 3.05) is 26.4 Å². The molecular weight excluding hydrogens is 270 g/mol. The van der Waals surface area contributed by atoms with Crippen LogP contribution in [0.5, 0.6) is 0 Å². The fourth-order valence-electron chi connectivity index (χ4n) is 1.36. The predicted octanol–water partition coefficient (Wildman–Crippen LogP) is 1.86. The van der Waals surface area contributed by atoms with E-state index in [-0.39, 0.29) is 6.61 Å². The molecule has 2 N–H and O–H groups in total. The zero-order chi connectivity index (χ0) is 11.8. The van der Waals surface area contributed by atoms with Crippen molar-refractivity contribution in [2.45, 2.75) is 13.5 Å². The van der Waals surface area contributed by atoms with Crippen molar-refractivity contribution in [2.24, 2.45) is 0 Å². The first kappa shape index (κ1) is 13.6. The Hall–Kier alpha value is -0.420. The molecule has 0 saturated heterocycles. The Bertz CT molecular complexity index is 318. The molecule has 4 heteroatoms. The van der Waals surface area contributed by atoms with Crippen LogP contribution in [-0.4, -0.2) is 31.5 Å². The molecule has 0 amide bonds. The Labute approximate surface area is 105 Å². The first-order valence-electron chi connectivity index (χ1n) is 5.38. The molecule has 0 radical (unpaired) electrons. The SMILES string of the molecule is Cc1cc(CNCCOCCO)ccc1Br. The van der Waals surface area contributed by atoms with Crippen LogP contribution in [-0.2, 0) is 11.3 Å². The van der Waals surface area contributed by atoms with Crippen molar-refractivity contribution < 1.29 is 9.84 Å². The topological polar surface area (TPSA) is 41.5 Å². The number of aryl methyl sites for hydroxylation is 1. The van der Waals surface area contributed by atoms with E-state index in [4.69, 9.17) is 9.84 Å². The van der Waals surface area contributed by atoms with Crippen molar-refractivity contribution in [3.63, 3.8) is 0 Å². The molecule has 0 aliphatic heterocycles. The van der Waals surface area contributed by atoms with Gasteiger partial charge in [-0.1, -0.05) is 28.1 Å². The maximum atomic E-state index is 8.51. The highest BCUT2D eigenvalue weighted by atomic mass is 79.9. The molecule has 1 rings (SSSR count). The predicted molar refractivity (Wildman–Crippen MR) is 68.5 cm³/mol. The van der Waals surface area contributed by atoms with Gasteiger partial charge in [0.2, 0.25) is 0 Å². The summed E-state index contributed by atoms with van der Waals surface area (Å²) in [6, 6.07) is 6.32. The Morgan fingerprint density at radius 3 is 2.88 bits per heavy atom. The van der Waals surface area contributed by atoms with Crippen LogP contribution in [0.4, 0.5) is 0 Å². The maximum Gasteiger partial charge on any atom is 0.0698 e. The highest BCUT2D eigenvalue weighted by Gasteiger charge is 1.97. The summed E-state index contributed by atoms with van der Waals surface area (Å²) in [7, 11) is 0. The zero-order valence-corrected chi connectivity index (χ0v) is 11.1. The molecule has 1 aromatic rings. The third-order valence-corrected chi connectivity index (χ3v) is 3.10. The van der Waals surface area contributed by atoms with Crippen molar-refractivity contribution in [1.82, 2.24) is 5.32 Å². The van der Waals surface area contributed by atoms with E-state index < -0.39 is 0 Å². The van der Waals surface area contributed by atoms with Gasteiger partial charge in [-0.15, -0.1) is 0 Å². The van der Waals surface area contributed by atoms with Gasteiger partial charge in [0, 0.05) is 17.6 Å². The Kier molecular flexibility index (Phi) is 6.64. The van der Waals surface area contributed by atoms with E-state index in [1.165, 1.54) is 11.1 Å². The van der Waals surface area contributed by atoms with Gasteiger partial charge in [0.25, 0.3) is 0 Å². The van der Waals surface area contributed by atoms with Crippen LogP contribution < -0.4 is 5.32 Å². The van der Waals surface area contributed by atoms with Gasteiger partial charge in [0.15, 0.2) is 0 Å². The van der Waals surface area contributed by atoms with Crippen molar-refractivity contribution >= 4 is 15.9 Å². The molecule has 16 heavy (non-hydrogen) atoms. The molecule has 90 valence electrons. The first-order chi connectivity index (χ1) is 7.74. The van der Waals surface area contributed by atoms with E-state index in [1.807, 2.05) is 0 Å². The fraction of sp³-hybridized carbons (Fsp3) is 0.500. The monoisotopic (exact) mass is 287 g/mol. The number of nitrogens with one attached hydrogen (secondary N) is 1. The minimum absolute atomic E-state index is 0.0892. The maximum absolute atomic E-state index is 8.51. The van der Waals surface area contributed by atoms with Crippen molar-refractivity contribution in [3.8, 4) is 0 Å². The Morgan fingerprint density at radius 1 is 1.38 bits per heavy atom. The minimum atomic E-state index is 0.0892. The molecule has 0 fully saturated rings. The highest BCUT2D eigenvalue weighted by Crippen LogP contribution is 2.16. The number of aliphatic hydroxyl groups is 1. The lowest BCUT2D eigenvalue weighted by Gasteiger charge is -2.07. The summed E-state index contributed by atoms with van der Waals surface area (Å²) in [5, 5.41) is 11.8. The van der Waals surface area contributed by atoms with Gasteiger partial charge in [-0.3, -0.25) is 0 Å². The van der Waals surface area contributed by atoms with Crippen LogP contribution in [0.1, 0.15) is 11.1 Å². The molecule has 0 aliphatic carbocycles. The van der Waals surface area contributed by atoms with Crippen LogP contribution >= 0.6 is 15.9 Å². The van der Waals surface area contributed by atoms with E-state index in [2.05, 4.69) is 46.4 Å². The largest absolute Gasteiger partial charge is 0.394 e. The fourth-order valence-corrected chi connectivity index (χ4v) is 1.61. The molecule has 0 saturated carbocycles. The smallest absolute Gasteiger partial charge is 0.0698 e. The van der Waals surface area contributed by atoms with E-state index in [0.717, 1.165) is 17.6 Å². The van der Waals surface area contributed by atoms with Crippen LogP contribution in [0.2, 0.25) is 0 Å². The molecule has 0 unspecified atom stereocenters. The summed E-state index contributed by atoms with van der Waals surface area (Å²) in [6.45, 7) is 4.87. The number of rotatable bonds is 7. The summed E-state index contributed by atoms with van der Waals surface area (Å²) in [5.41, 5.74) is 2.51. The Balaban J connectivity index is 2.19. The third kappa shape index (κ3) is 5.07. The molecule has 0 heterocycles. The van der Waals surface area contributed by atoms with Crippen LogP contribution in [0.15, 0.2) is 22.7 Å². The van der Waals surface area contributed by atoms with Gasteiger partial charge in [0.05, 0.1) is 19.8 Å². The second-order valence-electron chi connectivity index (χ2n) is 3.60. The summed E-state index contributed by atoms with van der Waals surface area (Å²) in [6.07, 6.45) is 0. The number of ether oxygens (including phenoxy) is 1. The molecule has 0 atom stereocenters. The highest BCUT2D eigenvalue weighted by molar-refractivity contribution is 9.10. The zero-order valence-electron chi connectivity index (χ0n) is 9.50. The van der Waals surface area contributed by atoms with Gasteiger partial charge in [0.1, 0.15) is 0 Å². The van der Waals surface area contributed by atoms with Gasteiger partial charge in [-0.2, -0.15) is 0 Å². The first-order valence-corrected chi connectivity index (χ1v) is 6.17. The van der Waals surface area contributed by atoms with E-state index in [9.17, 15) is 0 Å². The number of benzene rings is 1. The van der Waals surface area contributed by atoms with Crippen LogP contribution in [0.3, 0.4) is 0 Å². The number of hydrogen-bond acceptors (Lipinski definition) is 3. The normalized spacial score (nSPS) is 10.7. The standard InChI is InChI=1S/C12H18BrNO2/c1-10-8-11(2-3-12(10)13)9-14-4-6-16-7-5-15/h2-3,8,14-15H,4-7,9H2,1H3. The summed E-state index contributed by atoms with van der Waals surface area (Å²) in [5.74, 6) is 0. The number of halogens is 1. The minimum Gasteiger partial charge on any atom is -0.394 e. The van der Waals surface area contributed by atoms with E-state index >= 15 is 0 Å². The van der Waals surface area contributed by atoms with E-state index in [1.54, 1.807) is 0 Å². The average Bonchev–Trinajstić information content (AvgIpc) is 2.28. The molecule has 0 bridgehead atoms. The van der Waals surface area contributed by atoms with E-state index in [0.29, 0.717) is 13.2 Å². The lowest BCUT2D eigenvalue weighted by atomic mass is 10.1. The molecule has 0 spiro atoms. The van der Waals surface area contributed by atoms with Gasteiger partial charge in [-0.05, 0) is 24.1 Å². The third-order valence-electron chi connectivity index (χ3n) is 2.21. The lowest BCUT2D eigenvalue weighted by molar-refractivity contribution is 0.0938. The average molecular weight is 288 g/mol. The molecule has 0 aromatic heterocycles. The molecule has 3 nitrogen and oxygen atoms in total. The Morgan fingerprint density at radius 2 is 2.19 bits per heavy atom. The number of aliphatic hydroxyl groups excluding tert-OH is 1. The second-order valence-corrected chi connectivity index (χ2v) is 4.45. The number of hydrogen-bond donors (Lipinski definition) is 2. The van der Waals surface area contributed by atoms with Gasteiger partial charge in [-0.25, -0.2) is 0 Å². The summed E-state index contributed by atoms with van der Waals surface area (Å²) >= 11 is 3.48. The summed E-state index contributed by atoms with van der Waals surface area (Å²) in [4.78, 5) is 0. The van der Waals surface area contributed by atoms with Crippen molar-refractivity contribution in [1.29, 1.82) is 0 Å². The second kappa shape index (κ2) is 7.79. The molecule has 1 aromatic carbocycles. The van der Waals surface area contributed by atoms with Crippen LogP contribution in [0, 0.1) is 6.92 Å². The van der Waals surface area contributed by atoms with Crippen LogP contribution in [0.25, 0.3) is 0 Å². The lowest BCUT2D eigenvalue weighted by Crippen LogP contribution is -2.20. The quantitative estimate of drug-likeness (QED) is 0.752. The molecular formula is C12H18BrNO2. The van der Waals surface area contributed by atoms with Crippen molar-refractivity contribution in [3.05, 3.63) is 33.8 Å². The van der Waals surface area contributed by atoms with Gasteiger partial charge < -0.3 is 15.2 Å². The molecule has 0 aliphatic rings. The van der Waals surface area contributed by atoms with Gasteiger partial charge >= 0.3 is 0 Å².